The Bertz CT molecular complexity index is 537. The second kappa shape index (κ2) is 3.08. The van der Waals surface area contributed by atoms with Gasteiger partial charge in [0.15, 0.2) is 0 Å². The number of hydrogen-bond donors (Lipinski definition) is 0. The van der Waals surface area contributed by atoms with Crippen molar-refractivity contribution < 1.29 is 22.7 Å². The van der Waals surface area contributed by atoms with Gasteiger partial charge in [-0.3, -0.25) is 4.79 Å². The van der Waals surface area contributed by atoms with Crippen LogP contribution in [0, 0.1) is 5.41 Å². The first-order valence-electron chi connectivity index (χ1n) is 5.65. The van der Waals surface area contributed by atoms with Gasteiger partial charge in [-0.2, -0.15) is 13.2 Å². The van der Waals surface area contributed by atoms with Gasteiger partial charge in [0.1, 0.15) is 5.41 Å². The second-order valence-electron chi connectivity index (χ2n) is 5.30. The van der Waals surface area contributed by atoms with Gasteiger partial charge in [-0.25, -0.2) is 0 Å². The maximum Gasteiger partial charge on any atom is 0.416 e. The quantitative estimate of drug-likeness (QED) is 0.722. The molecule has 18 heavy (non-hydrogen) atoms. The highest BCUT2D eigenvalue weighted by Gasteiger charge is 2.75. The van der Waals surface area contributed by atoms with E-state index in [-0.39, 0.29) is 5.41 Å². The molecule has 2 fully saturated rings. The minimum Gasteiger partial charge on any atom is -0.464 e. The molecule has 1 aromatic rings. The predicted octanol–water partition coefficient (Wildman–Crippen LogP) is 2.91. The SMILES string of the molecule is C[C@@]12COC(=O)[C@]1(c1cccc(C(F)(F)F)c1)C2. The van der Waals surface area contributed by atoms with Crippen LogP contribution in [-0.4, -0.2) is 12.6 Å². The lowest BCUT2D eigenvalue weighted by Gasteiger charge is -2.14. The molecular weight excluding hydrogens is 245 g/mol. The molecule has 2 nitrogen and oxygen atoms in total. The van der Waals surface area contributed by atoms with Crippen molar-refractivity contribution in [2.75, 3.05) is 6.61 Å². The van der Waals surface area contributed by atoms with Gasteiger partial charge in [0.05, 0.1) is 12.2 Å². The van der Waals surface area contributed by atoms with Crippen LogP contribution >= 0.6 is 0 Å². The van der Waals surface area contributed by atoms with E-state index in [0.717, 1.165) is 12.1 Å². The molecule has 96 valence electrons. The number of rotatable bonds is 1. The van der Waals surface area contributed by atoms with E-state index in [1.165, 1.54) is 6.07 Å². The van der Waals surface area contributed by atoms with Crippen molar-refractivity contribution in [2.24, 2.45) is 5.41 Å². The molecule has 1 heterocycles. The average molecular weight is 256 g/mol. The Labute approximate surface area is 102 Å². The van der Waals surface area contributed by atoms with Gasteiger partial charge >= 0.3 is 12.1 Å². The van der Waals surface area contributed by atoms with Gasteiger partial charge in [-0.1, -0.05) is 25.1 Å². The van der Waals surface area contributed by atoms with E-state index < -0.39 is 23.1 Å². The van der Waals surface area contributed by atoms with Gasteiger partial charge in [-0.15, -0.1) is 0 Å². The summed E-state index contributed by atoms with van der Waals surface area (Å²) in [6, 6.07) is 5.00. The van der Waals surface area contributed by atoms with Crippen LogP contribution in [0.15, 0.2) is 24.3 Å². The number of cyclic esters (lactones) is 1. The summed E-state index contributed by atoms with van der Waals surface area (Å²) >= 11 is 0. The summed E-state index contributed by atoms with van der Waals surface area (Å²) in [4.78, 5) is 11.8. The van der Waals surface area contributed by atoms with Gasteiger partial charge < -0.3 is 4.74 Å². The molecule has 2 aliphatic rings. The Kier molecular flexibility index (Phi) is 1.98. The molecular formula is C13H11F3O2. The molecule has 1 saturated carbocycles. The Morgan fingerprint density at radius 1 is 1.33 bits per heavy atom. The number of ether oxygens (including phenoxy) is 1. The highest BCUT2D eigenvalue weighted by molar-refractivity contribution is 5.91. The largest absolute Gasteiger partial charge is 0.464 e. The first-order chi connectivity index (χ1) is 8.30. The summed E-state index contributed by atoms with van der Waals surface area (Å²) in [7, 11) is 0. The Balaban J connectivity index is 2.07. The molecule has 3 rings (SSSR count). The van der Waals surface area contributed by atoms with Gasteiger partial charge in [0, 0.05) is 5.41 Å². The third kappa shape index (κ3) is 1.27. The Morgan fingerprint density at radius 2 is 2.06 bits per heavy atom. The molecule has 1 aromatic carbocycles. The van der Waals surface area contributed by atoms with E-state index in [4.69, 9.17) is 4.74 Å². The number of esters is 1. The fourth-order valence-electron chi connectivity index (χ4n) is 2.91. The lowest BCUT2D eigenvalue weighted by molar-refractivity contribution is -0.142. The maximum atomic E-state index is 12.7. The maximum absolute atomic E-state index is 12.7. The molecule has 2 atom stereocenters. The molecule has 0 bridgehead atoms. The number of fused-ring (bicyclic) bond motifs is 1. The molecule has 0 amide bonds. The van der Waals surface area contributed by atoms with Gasteiger partial charge in [0.2, 0.25) is 0 Å². The zero-order chi connectivity index (χ0) is 13.2. The fourth-order valence-corrected chi connectivity index (χ4v) is 2.91. The minimum atomic E-state index is -4.39. The molecule has 1 saturated heterocycles. The van der Waals surface area contributed by atoms with Crippen LogP contribution in [0.3, 0.4) is 0 Å². The highest BCUT2D eigenvalue weighted by Crippen LogP contribution is 2.68. The average Bonchev–Trinajstić information content (AvgIpc) is 2.86. The third-order valence-electron chi connectivity index (χ3n) is 4.11. The fraction of sp³-hybridized carbons (Fsp3) is 0.462. The van der Waals surface area contributed by atoms with Crippen LogP contribution in [0.25, 0.3) is 0 Å². The number of benzene rings is 1. The summed E-state index contributed by atoms with van der Waals surface area (Å²) in [6.07, 6.45) is -3.82. The smallest absolute Gasteiger partial charge is 0.416 e. The van der Waals surface area contributed by atoms with E-state index in [0.29, 0.717) is 18.6 Å². The van der Waals surface area contributed by atoms with Crippen molar-refractivity contribution >= 4 is 5.97 Å². The molecule has 0 aromatic heterocycles. The molecule has 0 radical (unpaired) electrons. The Morgan fingerprint density at radius 3 is 2.56 bits per heavy atom. The summed E-state index contributed by atoms with van der Waals surface area (Å²) < 4.78 is 43.0. The zero-order valence-corrected chi connectivity index (χ0v) is 9.67. The number of halogens is 3. The van der Waals surface area contributed by atoms with Crippen molar-refractivity contribution in [1.29, 1.82) is 0 Å². The van der Waals surface area contributed by atoms with E-state index in [1.54, 1.807) is 6.07 Å². The summed E-state index contributed by atoms with van der Waals surface area (Å²) in [6.45, 7) is 2.17. The van der Waals surface area contributed by atoms with Crippen molar-refractivity contribution in [1.82, 2.24) is 0 Å². The summed E-state index contributed by atoms with van der Waals surface area (Å²) in [5.74, 6) is -0.399. The molecule has 0 N–H and O–H groups in total. The second-order valence-corrected chi connectivity index (χ2v) is 5.30. The van der Waals surface area contributed by atoms with E-state index in [1.807, 2.05) is 6.92 Å². The van der Waals surface area contributed by atoms with Crippen LogP contribution in [-0.2, 0) is 21.1 Å². The predicted molar refractivity (Wildman–Crippen MR) is 56.8 cm³/mol. The summed E-state index contributed by atoms with van der Waals surface area (Å²) in [5.41, 5.74) is -1.49. The van der Waals surface area contributed by atoms with Crippen LogP contribution in [0.4, 0.5) is 13.2 Å². The van der Waals surface area contributed by atoms with E-state index >= 15 is 0 Å². The molecule has 0 unspecified atom stereocenters. The number of hydrogen-bond acceptors (Lipinski definition) is 2. The minimum absolute atomic E-state index is 0.294. The number of carbonyl (C=O) groups is 1. The lowest BCUT2D eigenvalue weighted by atomic mass is 9.88. The van der Waals surface area contributed by atoms with Gasteiger partial charge in [0.25, 0.3) is 0 Å². The van der Waals surface area contributed by atoms with Crippen LogP contribution in [0.5, 0.6) is 0 Å². The first kappa shape index (κ1) is 11.6. The zero-order valence-electron chi connectivity index (χ0n) is 9.67. The monoisotopic (exact) mass is 256 g/mol. The standard InChI is InChI=1S/C13H11F3O2/c1-11-6-12(11,10(17)18-7-11)8-3-2-4-9(5-8)13(14,15)16/h2-5H,6-7H2,1H3/t11-,12-/m1/s1. The lowest BCUT2D eigenvalue weighted by Crippen LogP contribution is -2.21. The molecule has 1 aliphatic carbocycles. The highest BCUT2D eigenvalue weighted by atomic mass is 19.4. The van der Waals surface area contributed by atoms with Crippen LogP contribution in [0.1, 0.15) is 24.5 Å². The van der Waals surface area contributed by atoms with Crippen molar-refractivity contribution in [3.05, 3.63) is 35.4 Å². The van der Waals surface area contributed by atoms with Crippen molar-refractivity contribution in [3.63, 3.8) is 0 Å². The molecule has 1 aliphatic heterocycles. The number of carbonyl (C=O) groups excluding carboxylic acids is 1. The van der Waals surface area contributed by atoms with Gasteiger partial charge in [-0.05, 0) is 18.1 Å². The molecule has 5 heteroatoms. The topological polar surface area (TPSA) is 26.3 Å². The molecule has 0 spiro atoms. The van der Waals surface area contributed by atoms with E-state index in [9.17, 15) is 18.0 Å². The van der Waals surface area contributed by atoms with Crippen molar-refractivity contribution in [3.8, 4) is 0 Å². The number of alkyl halides is 3. The third-order valence-corrected chi connectivity index (χ3v) is 4.11. The summed E-state index contributed by atoms with van der Waals surface area (Å²) in [5, 5.41) is 0. The van der Waals surface area contributed by atoms with Crippen molar-refractivity contribution in [2.45, 2.75) is 24.9 Å². The van der Waals surface area contributed by atoms with Crippen LogP contribution in [0.2, 0.25) is 0 Å². The Hall–Kier alpha value is -1.52. The normalized spacial score (nSPS) is 34.1. The van der Waals surface area contributed by atoms with Crippen LogP contribution < -0.4 is 0 Å². The first-order valence-corrected chi connectivity index (χ1v) is 5.65. The van der Waals surface area contributed by atoms with E-state index in [2.05, 4.69) is 0 Å².